The largest absolute Gasteiger partial charge is 0.394 e. The fraction of sp³-hybridized carbons (Fsp3) is 0.0909. The van der Waals surface area contributed by atoms with E-state index in [0.717, 1.165) is 11.3 Å². The fourth-order valence-electron chi connectivity index (χ4n) is 1.66. The SMILES string of the molecule is Cc1[nH]n2nc(-c3ccccc3)nc2c1N. The Morgan fingerprint density at radius 2 is 2.00 bits per heavy atom. The van der Waals surface area contributed by atoms with Crippen molar-refractivity contribution in [1.82, 2.24) is 19.8 Å². The van der Waals surface area contributed by atoms with Crippen molar-refractivity contribution in [3.63, 3.8) is 0 Å². The van der Waals surface area contributed by atoms with Crippen molar-refractivity contribution in [2.45, 2.75) is 6.92 Å². The fourth-order valence-corrected chi connectivity index (χ4v) is 1.66. The Bertz CT molecular complexity index is 635. The van der Waals surface area contributed by atoms with E-state index < -0.39 is 0 Å². The molecular weight excluding hydrogens is 202 g/mol. The van der Waals surface area contributed by atoms with Gasteiger partial charge in [-0.3, -0.25) is 5.10 Å². The third kappa shape index (κ3) is 1.18. The first kappa shape index (κ1) is 8.96. The molecule has 0 aliphatic carbocycles. The zero-order valence-corrected chi connectivity index (χ0v) is 8.81. The maximum atomic E-state index is 5.88. The number of hydrogen-bond acceptors (Lipinski definition) is 3. The van der Waals surface area contributed by atoms with Gasteiger partial charge in [0.05, 0.1) is 11.4 Å². The van der Waals surface area contributed by atoms with E-state index in [0.29, 0.717) is 17.2 Å². The molecule has 0 aliphatic rings. The first-order valence-electron chi connectivity index (χ1n) is 5.02. The molecule has 0 amide bonds. The zero-order valence-electron chi connectivity index (χ0n) is 8.81. The van der Waals surface area contributed by atoms with Gasteiger partial charge < -0.3 is 5.73 Å². The molecule has 5 nitrogen and oxygen atoms in total. The third-order valence-electron chi connectivity index (χ3n) is 2.56. The van der Waals surface area contributed by atoms with E-state index in [-0.39, 0.29) is 0 Å². The summed E-state index contributed by atoms with van der Waals surface area (Å²) < 4.78 is 1.60. The van der Waals surface area contributed by atoms with Crippen molar-refractivity contribution in [2.24, 2.45) is 0 Å². The van der Waals surface area contributed by atoms with Gasteiger partial charge in [-0.25, -0.2) is 4.98 Å². The van der Waals surface area contributed by atoms with Crippen LogP contribution in [0.3, 0.4) is 0 Å². The smallest absolute Gasteiger partial charge is 0.199 e. The molecule has 0 unspecified atom stereocenters. The summed E-state index contributed by atoms with van der Waals surface area (Å²) in [6.45, 7) is 1.90. The highest BCUT2D eigenvalue weighted by molar-refractivity contribution is 5.70. The summed E-state index contributed by atoms with van der Waals surface area (Å²) >= 11 is 0. The number of hydrogen-bond donors (Lipinski definition) is 2. The van der Waals surface area contributed by atoms with Crippen molar-refractivity contribution in [3.8, 4) is 11.4 Å². The molecule has 80 valence electrons. The molecule has 3 rings (SSSR count). The highest BCUT2D eigenvalue weighted by atomic mass is 15.5. The van der Waals surface area contributed by atoms with Crippen LogP contribution in [0.2, 0.25) is 0 Å². The minimum Gasteiger partial charge on any atom is -0.394 e. The van der Waals surface area contributed by atoms with Crippen LogP contribution in [0.1, 0.15) is 5.69 Å². The molecule has 2 aromatic heterocycles. The lowest BCUT2D eigenvalue weighted by Gasteiger charge is -1.92. The zero-order chi connectivity index (χ0) is 11.1. The summed E-state index contributed by atoms with van der Waals surface area (Å²) in [4.78, 5) is 4.40. The summed E-state index contributed by atoms with van der Waals surface area (Å²) in [5, 5.41) is 7.37. The molecule has 0 aliphatic heterocycles. The number of nitrogens with two attached hydrogens (primary N) is 1. The predicted molar refractivity (Wildman–Crippen MR) is 61.9 cm³/mol. The number of nitrogens with one attached hydrogen (secondary N) is 1. The van der Waals surface area contributed by atoms with Crippen molar-refractivity contribution >= 4 is 11.3 Å². The molecule has 3 N–H and O–H groups in total. The number of fused-ring (bicyclic) bond motifs is 1. The molecular formula is C11H11N5. The van der Waals surface area contributed by atoms with E-state index in [1.54, 1.807) is 4.63 Å². The van der Waals surface area contributed by atoms with Gasteiger partial charge in [-0.15, -0.1) is 5.10 Å². The first-order chi connectivity index (χ1) is 7.75. The molecule has 0 fully saturated rings. The van der Waals surface area contributed by atoms with Crippen LogP contribution in [0, 0.1) is 6.92 Å². The van der Waals surface area contributed by atoms with E-state index in [4.69, 9.17) is 5.73 Å². The second-order valence-corrected chi connectivity index (χ2v) is 3.69. The lowest BCUT2D eigenvalue weighted by Crippen LogP contribution is -1.88. The van der Waals surface area contributed by atoms with Crippen molar-refractivity contribution < 1.29 is 0 Å². The number of aromatic nitrogens is 4. The van der Waals surface area contributed by atoms with Gasteiger partial charge in [-0.05, 0) is 6.92 Å². The highest BCUT2D eigenvalue weighted by Gasteiger charge is 2.11. The van der Waals surface area contributed by atoms with Gasteiger partial charge in [-0.2, -0.15) is 4.63 Å². The van der Waals surface area contributed by atoms with E-state index in [2.05, 4.69) is 15.2 Å². The van der Waals surface area contributed by atoms with Crippen LogP contribution in [0.4, 0.5) is 5.69 Å². The van der Waals surface area contributed by atoms with Crippen molar-refractivity contribution in [2.75, 3.05) is 5.73 Å². The average Bonchev–Trinajstić information content (AvgIpc) is 2.82. The van der Waals surface area contributed by atoms with Crippen molar-refractivity contribution in [3.05, 3.63) is 36.0 Å². The van der Waals surface area contributed by atoms with Gasteiger partial charge in [-0.1, -0.05) is 30.3 Å². The molecule has 16 heavy (non-hydrogen) atoms. The van der Waals surface area contributed by atoms with Gasteiger partial charge in [0, 0.05) is 5.56 Å². The van der Waals surface area contributed by atoms with E-state index >= 15 is 0 Å². The van der Waals surface area contributed by atoms with Gasteiger partial charge in [0.25, 0.3) is 0 Å². The summed E-state index contributed by atoms with van der Waals surface area (Å²) in [7, 11) is 0. The van der Waals surface area contributed by atoms with Crippen LogP contribution in [0.25, 0.3) is 17.0 Å². The molecule has 0 bridgehead atoms. The van der Waals surface area contributed by atoms with Crippen LogP contribution in [-0.2, 0) is 0 Å². The lowest BCUT2D eigenvalue weighted by molar-refractivity contribution is 0.810. The molecule has 0 atom stereocenters. The summed E-state index contributed by atoms with van der Waals surface area (Å²) in [6, 6.07) is 9.82. The molecule has 1 aromatic carbocycles. The lowest BCUT2D eigenvalue weighted by atomic mass is 10.2. The Kier molecular flexibility index (Phi) is 1.73. The summed E-state index contributed by atoms with van der Waals surface area (Å²) in [5.41, 5.74) is 9.07. The topological polar surface area (TPSA) is 72.0 Å². The molecule has 0 saturated heterocycles. The number of H-pyrrole nitrogens is 1. The normalized spacial score (nSPS) is 11.1. The maximum absolute atomic E-state index is 5.88. The number of nitrogens with zero attached hydrogens (tertiary/aromatic N) is 3. The molecule has 5 heteroatoms. The second-order valence-electron chi connectivity index (χ2n) is 3.69. The molecule has 2 heterocycles. The van der Waals surface area contributed by atoms with Crippen LogP contribution >= 0.6 is 0 Å². The van der Waals surface area contributed by atoms with Gasteiger partial charge >= 0.3 is 0 Å². The third-order valence-corrected chi connectivity index (χ3v) is 2.56. The number of nitrogen functional groups attached to an aromatic ring is 1. The summed E-state index contributed by atoms with van der Waals surface area (Å²) in [6.07, 6.45) is 0. The number of benzene rings is 1. The Morgan fingerprint density at radius 1 is 1.25 bits per heavy atom. The second kappa shape index (κ2) is 3.10. The first-order valence-corrected chi connectivity index (χ1v) is 5.02. The number of anilines is 1. The Morgan fingerprint density at radius 3 is 2.69 bits per heavy atom. The van der Waals surface area contributed by atoms with E-state index in [9.17, 15) is 0 Å². The quantitative estimate of drug-likeness (QED) is 0.645. The Balaban J connectivity index is 2.20. The van der Waals surface area contributed by atoms with E-state index in [1.807, 2.05) is 37.3 Å². The van der Waals surface area contributed by atoms with Crippen LogP contribution in [0.15, 0.2) is 30.3 Å². The van der Waals surface area contributed by atoms with Crippen LogP contribution in [-0.4, -0.2) is 19.8 Å². The van der Waals surface area contributed by atoms with Crippen LogP contribution < -0.4 is 5.73 Å². The maximum Gasteiger partial charge on any atom is 0.199 e. The molecule has 0 spiro atoms. The average molecular weight is 213 g/mol. The predicted octanol–water partition coefficient (Wildman–Crippen LogP) is 1.62. The number of aryl methyl sites for hydroxylation is 1. The molecule has 0 radical (unpaired) electrons. The van der Waals surface area contributed by atoms with Crippen molar-refractivity contribution in [1.29, 1.82) is 0 Å². The van der Waals surface area contributed by atoms with E-state index in [1.165, 1.54) is 0 Å². The highest BCUT2D eigenvalue weighted by Crippen LogP contribution is 2.20. The Hall–Kier alpha value is -2.30. The van der Waals surface area contributed by atoms with Crippen LogP contribution in [0.5, 0.6) is 0 Å². The number of aromatic amines is 1. The van der Waals surface area contributed by atoms with Gasteiger partial charge in [0.1, 0.15) is 0 Å². The molecule has 3 aromatic rings. The number of rotatable bonds is 1. The molecule has 0 saturated carbocycles. The minimum atomic E-state index is 0.648. The Labute approximate surface area is 91.9 Å². The summed E-state index contributed by atoms with van der Waals surface area (Å²) in [5.74, 6) is 0.679. The monoisotopic (exact) mass is 213 g/mol. The van der Waals surface area contributed by atoms with Gasteiger partial charge in [0.15, 0.2) is 11.5 Å². The standard InChI is InChI=1S/C11H11N5/c1-7-9(12)11-13-10(15-16(11)14-7)8-5-3-2-4-6-8/h2-6,14H,12H2,1H3. The van der Waals surface area contributed by atoms with Gasteiger partial charge in [0.2, 0.25) is 0 Å². The minimum absolute atomic E-state index is 0.648.